The maximum atomic E-state index is 9.28. The fourth-order valence-electron chi connectivity index (χ4n) is 1.10. The second kappa shape index (κ2) is 3.09. The van der Waals surface area contributed by atoms with Crippen molar-refractivity contribution in [2.75, 3.05) is 0 Å². The highest BCUT2D eigenvalue weighted by Crippen LogP contribution is 2.22. The summed E-state index contributed by atoms with van der Waals surface area (Å²) in [7, 11) is 0. The van der Waals surface area contributed by atoms with Gasteiger partial charge < -0.3 is 9.52 Å². The van der Waals surface area contributed by atoms with Gasteiger partial charge in [-0.1, -0.05) is 6.92 Å². The molecule has 0 saturated heterocycles. The van der Waals surface area contributed by atoms with E-state index in [0.29, 0.717) is 0 Å². The van der Waals surface area contributed by atoms with Gasteiger partial charge in [-0.25, -0.2) is 0 Å². The van der Waals surface area contributed by atoms with Crippen molar-refractivity contribution in [3.63, 3.8) is 0 Å². The summed E-state index contributed by atoms with van der Waals surface area (Å²) in [6.07, 6.45) is 3.09. The van der Waals surface area contributed by atoms with Gasteiger partial charge in [-0.15, -0.1) is 0 Å². The molecule has 0 radical (unpaired) electrons. The predicted octanol–water partition coefficient (Wildman–Crippen LogP) is 2.07. The van der Waals surface area contributed by atoms with Crippen LogP contribution in [-0.2, 0) is 0 Å². The fraction of sp³-hybridized carbons (Fsp3) is 0.556. The third kappa shape index (κ3) is 1.63. The van der Waals surface area contributed by atoms with Crippen LogP contribution in [0.15, 0.2) is 16.9 Å². The largest absolute Gasteiger partial charge is 0.472 e. The summed E-state index contributed by atoms with van der Waals surface area (Å²) in [5, 5.41) is 9.28. The van der Waals surface area contributed by atoms with E-state index in [1.165, 1.54) is 0 Å². The van der Waals surface area contributed by atoms with Gasteiger partial charge in [0.05, 0.1) is 18.6 Å². The van der Waals surface area contributed by atoms with Crippen LogP contribution in [-0.4, -0.2) is 11.2 Å². The summed E-state index contributed by atoms with van der Waals surface area (Å²) < 4.78 is 5.01. The van der Waals surface area contributed by atoms with Gasteiger partial charge in [0.2, 0.25) is 0 Å². The average molecular weight is 154 g/mol. The lowest BCUT2D eigenvalue weighted by Crippen LogP contribution is -2.10. The van der Waals surface area contributed by atoms with Gasteiger partial charge in [0.15, 0.2) is 0 Å². The van der Waals surface area contributed by atoms with Gasteiger partial charge in [0.1, 0.15) is 0 Å². The maximum Gasteiger partial charge on any atom is 0.0941 e. The standard InChI is InChI=1S/C9H14O2/c1-6-4-11-5-9(6)7(2)8(3)10/h4-5,7-8,10H,1-3H3. The third-order valence-corrected chi connectivity index (χ3v) is 2.11. The van der Waals surface area contributed by atoms with Crippen LogP contribution in [0.3, 0.4) is 0 Å². The van der Waals surface area contributed by atoms with Crippen LogP contribution in [0.5, 0.6) is 0 Å². The second-order valence-electron chi connectivity index (χ2n) is 3.04. The zero-order chi connectivity index (χ0) is 8.43. The van der Waals surface area contributed by atoms with Crippen LogP contribution < -0.4 is 0 Å². The summed E-state index contributed by atoms with van der Waals surface area (Å²) in [5.74, 6) is 0.161. The Labute approximate surface area is 66.8 Å². The number of aryl methyl sites for hydroxylation is 1. The minimum absolute atomic E-state index is 0.161. The molecule has 0 saturated carbocycles. The summed E-state index contributed by atoms with van der Waals surface area (Å²) in [6, 6.07) is 0. The highest BCUT2D eigenvalue weighted by molar-refractivity contribution is 5.23. The molecule has 0 bridgehead atoms. The SMILES string of the molecule is Cc1cocc1C(C)C(C)O. The van der Waals surface area contributed by atoms with E-state index < -0.39 is 0 Å². The number of rotatable bonds is 2. The van der Waals surface area contributed by atoms with Crippen LogP contribution in [0.1, 0.15) is 30.9 Å². The summed E-state index contributed by atoms with van der Waals surface area (Å²) in [4.78, 5) is 0. The Morgan fingerprint density at radius 1 is 1.36 bits per heavy atom. The molecule has 1 aromatic rings. The van der Waals surface area contributed by atoms with Gasteiger partial charge in [-0.2, -0.15) is 0 Å². The van der Waals surface area contributed by atoms with Crippen LogP contribution in [0.2, 0.25) is 0 Å². The monoisotopic (exact) mass is 154 g/mol. The normalized spacial score (nSPS) is 16.4. The van der Waals surface area contributed by atoms with Crippen molar-refractivity contribution < 1.29 is 9.52 Å². The first-order valence-electron chi connectivity index (χ1n) is 3.83. The quantitative estimate of drug-likeness (QED) is 0.707. The molecule has 62 valence electrons. The summed E-state index contributed by atoms with van der Waals surface area (Å²) in [5.41, 5.74) is 2.21. The lowest BCUT2D eigenvalue weighted by Gasteiger charge is -2.12. The molecule has 1 N–H and O–H groups in total. The molecule has 0 aromatic carbocycles. The lowest BCUT2D eigenvalue weighted by molar-refractivity contribution is 0.168. The number of aliphatic hydroxyl groups excluding tert-OH is 1. The van der Waals surface area contributed by atoms with E-state index in [4.69, 9.17) is 4.42 Å². The Morgan fingerprint density at radius 2 is 2.00 bits per heavy atom. The number of hydrogen-bond donors (Lipinski definition) is 1. The first-order valence-corrected chi connectivity index (χ1v) is 3.83. The molecule has 1 rings (SSSR count). The van der Waals surface area contributed by atoms with E-state index in [2.05, 4.69) is 0 Å². The van der Waals surface area contributed by atoms with Crippen LogP contribution in [0.25, 0.3) is 0 Å². The Balaban J connectivity index is 2.84. The molecule has 2 nitrogen and oxygen atoms in total. The summed E-state index contributed by atoms with van der Waals surface area (Å²) >= 11 is 0. The number of aliphatic hydroxyl groups is 1. The molecule has 2 atom stereocenters. The Morgan fingerprint density at radius 3 is 2.36 bits per heavy atom. The maximum absolute atomic E-state index is 9.28. The smallest absolute Gasteiger partial charge is 0.0941 e. The van der Waals surface area contributed by atoms with Gasteiger partial charge in [-0.3, -0.25) is 0 Å². The van der Waals surface area contributed by atoms with Crippen LogP contribution in [0.4, 0.5) is 0 Å². The summed E-state index contributed by atoms with van der Waals surface area (Å²) in [6.45, 7) is 5.76. The molecule has 0 fully saturated rings. The van der Waals surface area contributed by atoms with Crippen LogP contribution in [0, 0.1) is 6.92 Å². The minimum Gasteiger partial charge on any atom is -0.472 e. The van der Waals surface area contributed by atoms with E-state index in [1.807, 2.05) is 13.8 Å². The van der Waals surface area contributed by atoms with Crippen molar-refractivity contribution in [3.05, 3.63) is 23.7 Å². The first-order chi connectivity index (χ1) is 5.13. The molecular formula is C9H14O2. The van der Waals surface area contributed by atoms with Gasteiger partial charge in [0.25, 0.3) is 0 Å². The molecule has 11 heavy (non-hydrogen) atoms. The van der Waals surface area contributed by atoms with Crippen molar-refractivity contribution in [3.8, 4) is 0 Å². The third-order valence-electron chi connectivity index (χ3n) is 2.11. The van der Waals surface area contributed by atoms with Crippen molar-refractivity contribution in [1.29, 1.82) is 0 Å². The molecule has 0 spiro atoms. The molecule has 0 aliphatic rings. The highest BCUT2D eigenvalue weighted by Gasteiger charge is 2.14. The molecule has 1 aromatic heterocycles. The topological polar surface area (TPSA) is 33.4 Å². The zero-order valence-electron chi connectivity index (χ0n) is 7.16. The van der Waals surface area contributed by atoms with E-state index >= 15 is 0 Å². The molecule has 2 unspecified atom stereocenters. The Hall–Kier alpha value is -0.760. The minimum atomic E-state index is -0.314. The molecule has 2 heteroatoms. The van der Waals surface area contributed by atoms with Gasteiger partial charge >= 0.3 is 0 Å². The second-order valence-corrected chi connectivity index (χ2v) is 3.04. The van der Waals surface area contributed by atoms with E-state index in [-0.39, 0.29) is 12.0 Å². The van der Waals surface area contributed by atoms with Crippen molar-refractivity contribution in [2.45, 2.75) is 32.8 Å². The predicted molar refractivity (Wildman–Crippen MR) is 43.5 cm³/mol. The van der Waals surface area contributed by atoms with E-state index in [1.54, 1.807) is 19.5 Å². The fourth-order valence-corrected chi connectivity index (χ4v) is 1.10. The first kappa shape index (κ1) is 8.34. The molecular weight excluding hydrogens is 140 g/mol. The molecule has 0 amide bonds. The van der Waals surface area contributed by atoms with E-state index in [9.17, 15) is 5.11 Å². The Bertz CT molecular complexity index is 225. The molecule has 0 aliphatic heterocycles. The molecule has 1 heterocycles. The van der Waals surface area contributed by atoms with Crippen molar-refractivity contribution in [2.24, 2.45) is 0 Å². The van der Waals surface area contributed by atoms with Crippen molar-refractivity contribution >= 4 is 0 Å². The zero-order valence-corrected chi connectivity index (χ0v) is 7.16. The highest BCUT2D eigenvalue weighted by atomic mass is 16.3. The van der Waals surface area contributed by atoms with Crippen LogP contribution >= 0.6 is 0 Å². The molecule has 0 aliphatic carbocycles. The van der Waals surface area contributed by atoms with Gasteiger partial charge in [-0.05, 0) is 25.0 Å². The average Bonchev–Trinajstić information content (AvgIpc) is 2.33. The van der Waals surface area contributed by atoms with Gasteiger partial charge in [0, 0.05) is 5.92 Å². The number of furan rings is 1. The Kier molecular flexibility index (Phi) is 2.35. The lowest BCUT2D eigenvalue weighted by atomic mass is 9.96. The van der Waals surface area contributed by atoms with Crippen molar-refractivity contribution in [1.82, 2.24) is 0 Å². The van der Waals surface area contributed by atoms with E-state index in [0.717, 1.165) is 11.1 Å². The number of hydrogen-bond acceptors (Lipinski definition) is 2.